The molecule has 1 aliphatic heterocycles. The second kappa shape index (κ2) is 4.03. The molecule has 0 unspecified atom stereocenters. The molecular formula is C11H10ClNO2. The number of ether oxygens (including phenoxy) is 1. The molecule has 0 saturated heterocycles. The zero-order valence-electron chi connectivity index (χ0n) is 8.29. The molecule has 3 nitrogen and oxygen atoms in total. The Hall–Kier alpha value is -1.35. The highest BCUT2D eigenvalue weighted by atomic mass is 35.5. The molecule has 0 aromatic carbocycles. The summed E-state index contributed by atoms with van der Waals surface area (Å²) >= 11 is 5.69. The normalized spacial score (nSPS) is 18.5. The van der Waals surface area contributed by atoms with Crippen molar-refractivity contribution >= 4 is 23.3 Å². The number of nitrogens with zero attached hydrogens (tertiary/aromatic N) is 1. The summed E-state index contributed by atoms with van der Waals surface area (Å²) in [6.07, 6.45) is 6.07. The fraction of sp³-hybridized carbons (Fsp3) is 0.273. The smallest absolute Gasteiger partial charge is 0.334 e. The average Bonchev–Trinajstić information content (AvgIpc) is 2.69. The largest absolute Gasteiger partial charge is 0.466 e. The first-order valence-corrected chi connectivity index (χ1v) is 5.11. The van der Waals surface area contributed by atoms with Gasteiger partial charge in [0.1, 0.15) is 0 Å². The van der Waals surface area contributed by atoms with E-state index in [0.717, 1.165) is 17.0 Å². The predicted molar refractivity (Wildman–Crippen MR) is 59.0 cm³/mol. The fourth-order valence-corrected chi connectivity index (χ4v) is 1.74. The molecule has 1 aliphatic carbocycles. The number of hydrogen-bond donors (Lipinski definition) is 0. The van der Waals surface area contributed by atoms with Crippen LogP contribution in [0.1, 0.15) is 6.42 Å². The summed E-state index contributed by atoms with van der Waals surface area (Å²) in [7, 11) is 1.38. The van der Waals surface area contributed by atoms with Gasteiger partial charge in [-0.1, -0.05) is 0 Å². The highest BCUT2D eigenvalue weighted by Gasteiger charge is 2.21. The minimum Gasteiger partial charge on any atom is -0.466 e. The zero-order chi connectivity index (χ0) is 10.8. The highest BCUT2D eigenvalue weighted by molar-refractivity contribution is 6.31. The Bertz CT molecular complexity index is 430. The van der Waals surface area contributed by atoms with Crippen LogP contribution in [0.25, 0.3) is 0 Å². The standard InChI is InChI=1S/C11H10ClNO2/c1-15-11(14)7-2-3-10-8(4-7)5-9(6-12)13-10/h2-3,5H,4,6H2,1H3. The van der Waals surface area contributed by atoms with Crippen LogP contribution < -0.4 is 0 Å². The van der Waals surface area contributed by atoms with Crippen molar-refractivity contribution < 1.29 is 9.53 Å². The lowest BCUT2D eigenvalue weighted by atomic mass is 9.98. The molecule has 0 atom stereocenters. The van der Waals surface area contributed by atoms with Gasteiger partial charge in [-0.05, 0) is 23.8 Å². The van der Waals surface area contributed by atoms with E-state index in [1.807, 2.05) is 12.2 Å². The minimum atomic E-state index is -0.287. The van der Waals surface area contributed by atoms with E-state index in [1.165, 1.54) is 7.11 Å². The molecule has 0 amide bonds. The van der Waals surface area contributed by atoms with E-state index in [0.29, 0.717) is 17.9 Å². The first kappa shape index (κ1) is 10.2. The van der Waals surface area contributed by atoms with Crippen LogP contribution in [0.4, 0.5) is 0 Å². The van der Waals surface area contributed by atoms with Crippen molar-refractivity contribution in [2.24, 2.45) is 4.99 Å². The van der Waals surface area contributed by atoms with Gasteiger partial charge in [0, 0.05) is 12.0 Å². The van der Waals surface area contributed by atoms with Crippen LogP contribution in [0.2, 0.25) is 0 Å². The summed E-state index contributed by atoms with van der Waals surface area (Å²) in [6.45, 7) is 0. The van der Waals surface area contributed by atoms with Crippen LogP contribution in [0.5, 0.6) is 0 Å². The molecule has 0 fully saturated rings. The Morgan fingerprint density at radius 1 is 1.60 bits per heavy atom. The molecule has 15 heavy (non-hydrogen) atoms. The molecule has 0 saturated carbocycles. The van der Waals surface area contributed by atoms with Crippen molar-refractivity contribution in [3.05, 3.63) is 35.1 Å². The van der Waals surface area contributed by atoms with Gasteiger partial charge < -0.3 is 4.74 Å². The lowest BCUT2D eigenvalue weighted by Gasteiger charge is -2.10. The van der Waals surface area contributed by atoms with E-state index in [2.05, 4.69) is 9.73 Å². The van der Waals surface area contributed by atoms with Crippen LogP contribution in [0.3, 0.4) is 0 Å². The Kier molecular flexibility index (Phi) is 2.73. The van der Waals surface area contributed by atoms with Crippen LogP contribution in [-0.2, 0) is 9.53 Å². The van der Waals surface area contributed by atoms with E-state index in [1.54, 1.807) is 6.08 Å². The number of methoxy groups -OCH3 is 1. The Morgan fingerprint density at radius 2 is 2.40 bits per heavy atom. The predicted octanol–water partition coefficient (Wildman–Crippen LogP) is 1.99. The number of fused-ring (bicyclic) bond motifs is 1. The number of esters is 1. The molecular weight excluding hydrogens is 214 g/mol. The molecule has 0 bridgehead atoms. The maximum absolute atomic E-state index is 11.3. The summed E-state index contributed by atoms with van der Waals surface area (Å²) in [6, 6.07) is 0. The zero-order valence-corrected chi connectivity index (χ0v) is 9.04. The molecule has 1 heterocycles. The van der Waals surface area contributed by atoms with Gasteiger partial charge in [0.25, 0.3) is 0 Å². The van der Waals surface area contributed by atoms with Crippen LogP contribution in [0.15, 0.2) is 40.1 Å². The quantitative estimate of drug-likeness (QED) is 0.531. The van der Waals surface area contributed by atoms with Gasteiger partial charge >= 0.3 is 5.97 Å². The number of rotatable bonds is 2. The van der Waals surface area contributed by atoms with Crippen LogP contribution >= 0.6 is 11.6 Å². The molecule has 0 aromatic rings. The summed E-state index contributed by atoms with van der Waals surface area (Å²) in [4.78, 5) is 15.6. The number of alkyl halides is 1. The lowest BCUT2D eigenvalue weighted by molar-refractivity contribution is -0.136. The SMILES string of the molecule is COC(=O)C1=CC=C2N=C(CCl)C=C2C1. The number of aliphatic imine (C=N–C) groups is 1. The fourth-order valence-electron chi connectivity index (χ4n) is 1.60. The Morgan fingerprint density at radius 3 is 3.07 bits per heavy atom. The van der Waals surface area contributed by atoms with Gasteiger partial charge in [-0.25, -0.2) is 4.79 Å². The third-order valence-electron chi connectivity index (χ3n) is 2.34. The van der Waals surface area contributed by atoms with E-state index >= 15 is 0 Å². The number of carbonyl (C=O) groups excluding carboxylic acids is 1. The van der Waals surface area contributed by atoms with Gasteiger partial charge in [-0.3, -0.25) is 4.99 Å². The number of hydrogen-bond acceptors (Lipinski definition) is 3. The number of carbonyl (C=O) groups is 1. The second-order valence-corrected chi connectivity index (χ2v) is 3.59. The first-order chi connectivity index (χ1) is 7.24. The van der Waals surface area contributed by atoms with Crippen molar-refractivity contribution in [1.82, 2.24) is 0 Å². The number of allylic oxidation sites excluding steroid dienone is 4. The summed E-state index contributed by atoms with van der Waals surface area (Å²) in [5.41, 5.74) is 3.43. The van der Waals surface area contributed by atoms with E-state index in [4.69, 9.17) is 11.6 Å². The molecule has 0 spiro atoms. The molecule has 78 valence electrons. The van der Waals surface area contributed by atoms with Gasteiger partial charge in [-0.2, -0.15) is 0 Å². The van der Waals surface area contributed by atoms with Crippen molar-refractivity contribution in [2.45, 2.75) is 6.42 Å². The summed E-state index contributed by atoms with van der Waals surface area (Å²) < 4.78 is 4.66. The topological polar surface area (TPSA) is 38.7 Å². The van der Waals surface area contributed by atoms with Crippen LogP contribution in [0, 0.1) is 0 Å². The minimum absolute atomic E-state index is 0.287. The first-order valence-electron chi connectivity index (χ1n) is 4.58. The summed E-state index contributed by atoms with van der Waals surface area (Å²) in [5.74, 6) is 0.111. The van der Waals surface area contributed by atoms with Gasteiger partial charge in [-0.15, -0.1) is 11.6 Å². The van der Waals surface area contributed by atoms with Crippen molar-refractivity contribution in [3.63, 3.8) is 0 Å². The lowest BCUT2D eigenvalue weighted by Crippen LogP contribution is -2.07. The van der Waals surface area contributed by atoms with Crippen LogP contribution in [-0.4, -0.2) is 24.7 Å². The van der Waals surface area contributed by atoms with E-state index in [9.17, 15) is 4.79 Å². The molecule has 0 radical (unpaired) electrons. The average molecular weight is 224 g/mol. The highest BCUT2D eigenvalue weighted by Crippen LogP contribution is 2.30. The molecule has 0 aromatic heterocycles. The van der Waals surface area contributed by atoms with E-state index < -0.39 is 0 Å². The number of halogens is 1. The maximum atomic E-state index is 11.3. The van der Waals surface area contributed by atoms with Gasteiger partial charge in [0.05, 0.1) is 24.4 Å². The van der Waals surface area contributed by atoms with Crippen molar-refractivity contribution in [3.8, 4) is 0 Å². The van der Waals surface area contributed by atoms with Crippen molar-refractivity contribution in [2.75, 3.05) is 13.0 Å². The van der Waals surface area contributed by atoms with Gasteiger partial charge in [0.2, 0.25) is 0 Å². The second-order valence-electron chi connectivity index (χ2n) is 3.32. The molecule has 0 N–H and O–H groups in total. The molecule has 2 aliphatic rings. The van der Waals surface area contributed by atoms with Gasteiger partial charge in [0.15, 0.2) is 0 Å². The monoisotopic (exact) mass is 223 g/mol. The van der Waals surface area contributed by atoms with Crippen molar-refractivity contribution in [1.29, 1.82) is 0 Å². The summed E-state index contributed by atoms with van der Waals surface area (Å²) in [5, 5.41) is 0. The maximum Gasteiger partial charge on any atom is 0.334 e. The molecule has 4 heteroatoms. The third-order valence-corrected chi connectivity index (χ3v) is 2.62. The molecule has 2 rings (SSSR count). The Balaban J connectivity index is 2.22. The van der Waals surface area contributed by atoms with E-state index in [-0.39, 0.29) is 5.97 Å². The Labute approximate surface area is 92.8 Å². The third kappa shape index (κ3) is 1.88.